The van der Waals surface area contributed by atoms with Crippen LogP contribution in [0.15, 0.2) is 24.5 Å². The Morgan fingerprint density at radius 2 is 1.93 bits per heavy atom. The van der Waals surface area contributed by atoms with E-state index in [0.717, 1.165) is 0 Å². The molecule has 3 N–H and O–H groups in total. The zero-order valence-electron chi connectivity index (χ0n) is 8.58. The number of nitrogens with one attached hydrogen (secondary N) is 1. The van der Waals surface area contributed by atoms with E-state index in [2.05, 4.69) is 22.4 Å². The Morgan fingerprint density at radius 1 is 1.21 bits per heavy atom. The second kappa shape index (κ2) is 5.08. The summed E-state index contributed by atoms with van der Waals surface area (Å²) >= 11 is 0. The van der Waals surface area contributed by atoms with E-state index in [4.69, 9.17) is 0 Å². The van der Waals surface area contributed by atoms with E-state index < -0.39 is 0 Å². The number of hydrogen-bond acceptors (Lipinski definition) is 1. The first-order valence-corrected chi connectivity index (χ1v) is 5.49. The van der Waals surface area contributed by atoms with Crippen LogP contribution < -0.4 is 10.2 Å². The van der Waals surface area contributed by atoms with Crippen molar-refractivity contribution in [1.29, 1.82) is 0 Å². The maximum Gasteiger partial charge on any atom is 0.127 e. The highest BCUT2D eigenvalue weighted by atomic mass is 15.2. The number of nitrogens with two attached hydrogens (primary N) is 1. The molecule has 2 rings (SSSR count). The van der Waals surface area contributed by atoms with Crippen LogP contribution in [0.5, 0.6) is 0 Å². The van der Waals surface area contributed by atoms with E-state index in [1.54, 1.807) is 4.90 Å². The van der Waals surface area contributed by atoms with Crippen LogP contribution >= 0.6 is 0 Å². The summed E-state index contributed by atoms with van der Waals surface area (Å²) in [5, 5.41) is 2.41. The highest BCUT2D eigenvalue weighted by Gasteiger charge is 2.14. The summed E-state index contributed by atoms with van der Waals surface area (Å²) < 4.78 is 0. The van der Waals surface area contributed by atoms with Gasteiger partial charge in [0, 0.05) is 18.8 Å². The minimum Gasteiger partial charge on any atom is -0.337 e. The van der Waals surface area contributed by atoms with Gasteiger partial charge in [-0.25, -0.2) is 0 Å². The Labute approximate surface area is 85.1 Å². The molecule has 1 aliphatic rings. The second-order valence-corrected chi connectivity index (χ2v) is 3.97. The monoisotopic (exact) mass is 193 g/mol. The molecule has 0 radical (unpaired) electrons. The molecule has 0 aromatic carbocycles. The average Bonchev–Trinajstić information content (AvgIpc) is 2.29. The summed E-state index contributed by atoms with van der Waals surface area (Å²) in [6.07, 6.45) is 4.96. The van der Waals surface area contributed by atoms with Crippen molar-refractivity contribution in [2.24, 2.45) is 0 Å². The Bertz CT molecular complexity index is 254. The molecule has 1 aromatic rings. The minimum atomic E-state index is 1.19. The minimum absolute atomic E-state index is 1.19. The SMILES string of the molecule is c1cc(CC[NH+]2CC[NH2+]CC2)ccn1. The highest BCUT2D eigenvalue weighted by Crippen LogP contribution is 1.94. The molecule has 0 spiro atoms. The van der Waals surface area contributed by atoms with E-state index in [0.29, 0.717) is 0 Å². The maximum absolute atomic E-state index is 4.03. The third kappa shape index (κ3) is 2.79. The fourth-order valence-corrected chi connectivity index (χ4v) is 2.00. The Kier molecular flexibility index (Phi) is 3.49. The van der Waals surface area contributed by atoms with E-state index in [1.165, 1.54) is 44.7 Å². The number of aromatic nitrogens is 1. The van der Waals surface area contributed by atoms with E-state index in [9.17, 15) is 0 Å². The van der Waals surface area contributed by atoms with Crippen molar-refractivity contribution < 1.29 is 10.2 Å². The maximum atomic E-state index is 4.03. The van der Waals surface area contributed by atoms with Crippen molar-refractivity contribution in [2.45, 2.75) is 6.42 Å². The van der Waals surface area contributed by atoms with Crippen molar-refractivity contribution >= 4 is 0 Å². The first kappa shape index (κ1) is 9.62. The van der Waals surface area contributed by atoms with Crippen LogP contribution in [0.2, 0.25) is 0 Å². The molecule has 0 unspecified atom stereocenters. The largest absolute Gasteiger partial charge is 0.337 e. The molecule has 0 aliphatic carbocycles. The van der Waals surface area contributed by atoms with Crippen molar-refractivity contribution in [3.63, 3.8) is 0 Å². The summed E-state index contributed by atoms with van der Waals surface area (Å²) in [6, 6.07) is 4.24. The zero-order chi connectivity index (χ0) is 9.64. The lowest BCUT2D eigenvalue weighted by atomic mass is 10.2. The number of rotatable bonds is 3. The number of pyridine rings is 1. The third-order valence-corrected chi connectivity index (χ3v) is 2.92. The Morgan fingerprint density at radius 3 is 2.64 bits per heavy atom. The smallest absolute Gasteiger partial charge is 0.127 e. The molecule has 76 valence electrons. The van der Waals surface area contributed by atoms with Gasteiger partial charge >= 0.3 is 0 Å². The van der Waals surface area contributed by atoms with Gasteiger partial charge in [-0.1, -0.05) is 0 Å². The van der Waals surface area contributed by atoms with Gasteiger partial charge in [-0.15, -0.1) is 0 Å². The van der Waals surface area contributed by atoms with Gasteiger partial charge in [-0.05, 0) is 17.7 Å². The van der Waals surface area contributed by atoms with Crippen LogP contribution in [0.25, 0.3) is 0 Å². The van der Waals surface area contributed by atoms with Gasteiger partial charge in [0.05, 0.1) is 6.54 Å². The van der Waals surface area contributed by atoms with Crippen LogP contribution in [0.3, 0.4) is 0 Å². The van der Waals surface area contributed by atoms with Gasteiger partial charge in [0.25, 0.3) is 0 Å². The van der Waals surface area contributed by atoms with Crippen molar-refractivity contribution in [3.8, 4) is 0 Å². The van der Waals surface area contributed by atoms with Crippen LogP contribution in [-0.4, -0.2) is 37.7 Å². The molecule has 14 heavy (non-hydrogen) atoms. The van der Waals surface area contributed by atoms with Gasteiger partial charge in [-0.3, -0.25) is 4.98 Å². The van der Waals surface area contributed by atoms with Gasteiger partial charge in [0.2, 0.25) is 0 Å². The Balaban J connectivity index is 1.76. The summed E-state index contributed by atoms with van der Waals surface area (Å²) in [5.41, 5.74) is 1.42. The molecular weight excluding hydrogens is 174 g/mol. The second-order valence-electron chi connectivity index (χ2n) is 3.97. The van der Waals surface area contributed by atoms with E-state index in [1.807, 2.05) is 12.4 Å². The van der Waals surface area contributed by atoms with Crippen molar-refractivity contribution in [2.75, 3.05) is 32.7 Å². The predicted molar refractivity (Wildman–Crippen MR) is 55.2 cm³/mol. The summed E-state index contributed by atoms with van der Waals surface area (Å²) in [7, 11) is 0. The van der Waals surface area contributed by atoms with Crippen LogP contribution in [0.4, 0.5) is 0 Å². The van der Waals surface area contributed by atoms with Crippen LogP contribution in [0.1, 0.15) is 5.56 Å². The molecule has 2 heterocycles. The van der Waals surface area contributed by atoms with Gasteiger partial charge in [-0.2, -0.15) is 0 Å². The van der Waals surface area contributed by atoms with Crippen molar-refractivity contribution in [3.05, 3.63) is 30.1 Å². The fourth-order valence-electron chi connectivity index (χ4n) is 2.00. The van der Waals surface area contributed by atoms with E-state index in [-0.39, 0.29) is 0 Å². The summed E-state index contributed by atoms with van der Waals surface area (Å²) in [6.45, 7) is 6.52. The lowest BCUT2D eigenvalue weighted by molar-refractivity contribution is -0.946. The third-order valence-electron chi connectivity index (χ3n) is 2.92. The van der Waals surface area contributed by atoms with Crippen LogP contribution in [-0.2, 0) is 6.42 Å². The number of quaternary nitrogens is 2. The molecule has 1 fully saturated rings. The summed E-state index contributed by atoms with van der Waals surface area (Å²) in [4.78, 5) is 5.78. The molecule has 0 saturated carbocycles. The predicted octanol–water partition coefficient (Wildman–Crippen LogP) is -1.91. The van der Waals surface area contributed by atoms with Gasteiger partial charge < -0.3 is 10.2 Å². The summed E-state index contributed by atoms with van der Waals surface area (Å²) in [5.74, 6) is 0. The fraction of sp³-hybridized carbons (Fsp3) is 0.545. The first-order valence-electron chi connectivity index (χ1n) is 5.49. The number of nitrogens with zero attached hydrogens (tertiary/aromatic N) is 1. The molecule has 1 aromatic heterocycles. The first-order chi connectivity index (χ1) is 6.95. The molecule has 1 aliphatic heterocycles. The molecule has 0 amide bonds. The normalized spacial score (nSPS) is 18.3. The Hall–Kier alpha value is -0.930. The van der Waals surface area contributed by atoms with E-state index >= 15 is 0 Å². The lowest BCUT2D eigenvalue weighted by Gasteiger charge is -2.21. The number of piperazine rings is 1. The molecule has 1 saturated heterocycles. The standard InChI is InChI=1S/C11H17N3/c1-4-12-5-2-11(1)3-8-14-9-6-13-7-10-14/h1-2,4-5,13H,3,6-10H2/p+2. The molecule has 0 atom stereocenters. The quantitative estimate of drug-likeness (QED) is 0.577. The molecule has 3 heteroatoms. The highest BCUT2D eigenvalue weighted by molar-refractivity contribution is 5.09. The van der Waals surface area contributed by atoms with Gasteiger partial charge in [0.15, 0.2) is 0 Å². The molecular formula is C11H19N3+2. The van der Waals surface area contributed by atoms with Gasteiger partial charge in [0.1, 0.15) is 26.2 Å². The topological polar surface area (TPSA) is 33.9 Å². The molecule has 3 nitrogen and oxygen atoms in total. The van der Waals surface area contributed by atoms with Crippen LogP contribution in [0, 0.1) is 0 Å². The number of hydrogen-bond donors (Lipinski definition) is 2. The zero-order valence-corrected chi connectivity index (χ0v) is 8.58. The molecule has 0 bridgehead atoms. The average molecular weight is 193 g/mol. The lowest BCUT2D eigenvalue weighted by Crippen LogP contribution is -3.20. The van der Waals surface area contributed by atoms with Crippen molar-refractivity contribution in [1.82, 2.24) is 4.98 Å².